The number of rotatable bonds is 5. The Morgan fingerprint density at radius 2 is 2.12 bits per heavy atom. The second-order valence-electron chi connectivity index (χ2n) is 5.09. The molecule has 0 unspecified atom stereocenters. The van der Waals surface area contributed by atoms with Crippen molar-refractivity contribution in [3.63, 3.8) is 0 Å². The van der Waals surface area contributed by atoms with Gasteiger partial charge in [-0.25, -0.2) is 9.37 Å². The maximum absolute atomic E-state index is 12.9. The van der Waals surface area contributed by atoms with Crippen molar-refractivity contribution in [2.24, 2.45) is 0 Å². The van der Waals surface area contributed by atoms with Crippen molar-refractivity contribution in [3.8, 4) is 11.4 Å². The van der Waals surface area contributed by atoms with E-state index >= 15 is 0 Å². The summed E-state index contributed by atoms with van der Waals surface area (Å²) in [6, 6.07) is 5.82. The van der Waals surface area contributed by atoms with Gasteiger partial charge in [0.05, 0.1) is 18.7 Å². The van der Waals surface area contributed by atoms with E-state index in [-0.39, 0.29) is 29.9 Å². The molecule has 0 atom stereocenters. The van der Waals surface area contributed by atoms with E-state index in [2.05, 4.69) is 25.7 Å². The Bertz CT molecular complexity index is 840. The number of halogens is 2. The number of H-pyrrole nitrogens is 1. The highest BCUT2D eigenvalue weighted by Crippen LogP contribution is 2.19. The van der Waals surface area contributed by atoms with Crippen molar-refractivity contribution in [2.45, 2.75) is 19.9 Å². The van der Waals surface area contributed by atoms with Crippen molar-refractivity contribution >= 4 is 17.5 Å². The van der Waals surface area contributed by atoms with E-state index in [1.165, 1.54) is 12.1 Å². The topological polar surface area (TPSA) is 96.7 Å². The highest BCUT2D eigenvalue weighted by molar-refractivity contribution is 6.29. The number of aromatic amines is 1. The van der Waals surface area contributed by atoms with Crippen LogP contribution in [0.1, 0.15) is 17.1 Å². The largest absolute Gasteiger partial charge is 0.349 e. The van der Waals surface area contributed by atoms with Crippen LogP contribution >= 0.6 is 11.6 Å². The van der Waals surface area contributed by atoms with E-state index in [4.69, 9.17) is 16.1 Å². The number of benzene rings is 1. The molecule has 0 spiro atoms. The molecule has 0 bridgehead atoms. The molecule has 0 aliphatic heterocycles. The molecule has 9 heteroatoms. The maximum Gasteiger partial charge on any atom is 0.229 e. The SMILES string of the molecule is Cc1noc(Cl)c1CC(=O)NCc1nc(-c2ccc(F)cc2)n[nH]1. The number of aryl methyl sites for hydroxylation is 1. The predicted octanol–water partition coefficient (Wildman–Crippen LogP) is 2.42. The predicted molar refractivity (Wildman–Crippen MR) is 83.6 cm³/mol. The highest BCUT2D eigenvalue weighted by atomic mass is 35.5. The number of hydrogen-bond acceptors (Lipinski definition) is 5. The average molecular weight is 350 g/mol. The molecule has 0 aliphatic rings. The molecular formula is C15H13ClFN5O2. The standard InChI is InChI=1S/C15H13ClFN5O2/c1-8-11(14(16)24-22-8)6-13(23)18-7-12-19-15(21-20-12)9-2-4-10(17)5-3-9/h2-5H,6-7H2,1H3,(H,18,23)(H,19,20,21). The summed E-state index contributed by atoms with van der Waals surface area (Å²) >= 11 is 5.82. The van der Waals surface area contributed by atoms with Crippen molar-refractivity contribution in [1.82, 2.24) is 25.7 Å². The zero-order chi connectivity index (χ0) is 17.1. The summed E-state index contributed by atoms with van der Waals surface area (Å²) in [5, 5.41) is 13.3. The minimum Gasteiger partial charge on any atom is -0.349 e. The lowest BCUT2D eigenvalue weighted by Gasteiger charge is -2.02. The number of nitrogens with one attached hydrogen (secondary N) is 2. The van der Waals surface area contributed by atoms with Crippen LogP contribution < -0.4 is 5.32 Å². The van der Waals surface area contributed by atoms with Crippen LogP contribution in [0.15, 0.2) is 28.8 Å². The third-order valence-corrected chi connectivity index (χ3v) is 3.66. The van der Waals surface area contributed by atoms with Crippen molar-refractivity contribution in [3.05, 3.63) is 52.4 Å². The van der Waals surface area contributed by atoms with Gasteiger partial charge < -0.3 is 9.84 Å². The summed E-state index contributed by atoms with van der Waals surface area (Å²) in [5.74, 6) is 0.334. The fourth-order valence-corrected chi connectivity index (χ4v) is 2.30. The van der Waals surface area contributed by atoms with Gasteiger partial charge in [0.25, 0.3) is 0 Å². The molecule has 7 nitrogen and oxygen atoms in total. The van der Waals surface area contributed by atoms with Gasteiger partial charge in [-0.15, -0.1) is 0 Å². The Hall–Kier alpha value is -2.74. The van der Waals surface area contributed by atoms with Gasteiger partial charge in [-0.1, -0.05) is 5.16 Å². The lowest BCUT2D eigenvalue weighted by molar-refractivity contribution is -0.120. The summed E-state index contributed by atoms with van der Waals surface area (Å²) < 4.78 is 17.7. The number of nitrogens with zero attached hydrogens (tertiary/aromatic N) is 3. The van der Waals surface area contributed by atoms with E-state index in [1.807, 2.05) is 0 Å². The second-order valence-corrected chi connectivity index (χ2v) is 5.43. The van der Waals surface area contributed by atoms with Crippen LogP contribution in [0.25, 0.3) is 11.4 Å². The third-order valence-electron chi connectivity index (χ3n) is 3.36. The lowest BCUT2D eigenvalue weighted by atomic mass is 10.2. The van der Waals surface area contributed by atoms with Crippen molar-refractivity contribution < 1.29 is 13.7 Å². The van der Waals surface area contributed by atoms with Crippen LogP contribution in [0.5, 0.6) is 0 Å². The van der Waals surface area contributed by atoms with E-state index < -0.39 is 0 Å². The number of carbonyl (C=O) groups excluding carboxylic acids is 1. The van der Waals surface area contributed by atoms with Gasteiger partial charge in [0.15, 0.2) is 5.82 Å². The van der Waals surface area contributed by atoms with Crippen LogP contribution in [0.2, 0.25) is 5.22 Å². The number of carbonyl (C=O) groups is 1. The first-order valence-corrected chi connectivity index (χ1v) is 7.45. The van der Waals surface area contributed by atoms with E-state index in [1.54, 1.807) is 19.1 Å². The van der Waals surface area contributed by atoms with Gasteiger partial charge in [0.1, 0.15) is 11.6 Å². The van der Waals surface area contributed by atoms with Gasteiger partial charge in [0.2, 0.25) is 11.1 Å². The van der Waals surface area contributed by atoms with Gasteiger partial charge in [-0.3, -0.25) is 9.89 Å². The second kappa shape index (κ2) is 6.79. The molecule has 124 valence electrons. The Kier molecular flexibility index (Phi) is 4.57. The minimum atomic E-state index is -0.329. The zero-order valence-electron chi connectivity index (χ0n) is 12.6. The normalized spacial score (nSPS) is 10.8. The summed E-state index contributed by atoms with van der Waals surface area (Å²) in [6.07, 6.45) is 0.0626. The summed E-state index contributed by atoms with van der Waals surface area (Å²) in [6.45, 7) is 1.89. The molecule has 0 fully saturated rings. The molecule has 1 amide bonds. The summed E-state index contributed by atoms with van der Waals surface area (Å²) in [7, 11) is 0. The van der Waals surface area contributed by atoms with Crippen molar-refractivity contribution in [2.75, 3.05) is 0 Å². The molecule has 3 aromatic rings. The van der Waals surface area contributed by atoms with Crippen LogP contribution in [0.4, 0.5) is 4.39 Å². The quantitative estimate of drug-likeness (QED) is 0.737. The van der Waals surface area contributed by atoms with Gasteiger partial charge in [-0.05, 0) is 42.8 Å². The first-order valence-electron chi connectivity index (χ1n) is 7.07. The van der Waals surface area contributed by atoms with Gasteiger partial charge >= 0.3 is 0 Å². The molecule has 0 saturated carbocycles. The van der Waals surface area contributed by atoms with Crippen LogP contribution in [-0.4, -0.2) is 26.2 Å². The fourth-order valence-electron chi connectivity index (χ4n) is 2.07. The third kappa shape index (κ3) is 3.60. The number of aromatic nitrogens is 4. The highest BCUT2D eigenvalue weighted by Gasteiger charge is 2.15. The van der Waals surface area contributed by atoms with Crippen LogP contribution in [0, 0.1) is 12.7 Å². The Morgan fingerprint density at radius 1 is 1.38 bits per heavy atom. The monoisotopic (exact) mass is 349 g/mol. The minimum absolute atomic E-state index is 0.0626. The van der Waals surface area contributed by atoms with E-state index in [0.717, 1.165) is 0 Å². The molecule has 2 heterocycles. The average Bonchev–Trinajstić information content (AvgIpc) is 3.16. The van der Waals surface area contributed by atoms with Gasteiger partial charge in [-0.2, -0.15) is 5.10 Å². The Balaban J connectivity index is 1.59. The molecule has 0 aliphatic carbocycles. The first kappa shape index (κ1) is 16.1. The molecule has 2 N–H and O–H groups in total. The lowest BCUT2D eigenvalue weighted by Crippen LogP contribution is -2.25. The molecule has 24 heavy (non-hydrogen) atoms. The van der Waals surface area contributed by atoms with Gasteiger partial charge in [0, 0.05) is 11.1 Å². The fraction of sp³-hybridized carbons (Fsp3) is 0.200. The van der Waals surface area contributed by atoms with Crippen LogP contribution in [0.3, 0.4) is 0 Å². The number of amides is 1. The Labute approximate surface area is 141 Å². The van der Waals surface area contributed by atoms with E-state index in [0.29, 0.717) is 28.5 Å². The Morgan fingerprint density at radius 3 is 2.79 bits per heavy atom. The molecule has 0 saturated heterocycles. The summed E-state index contributed by atoms with van der Waals surface area (Å²) in [4.78, 5) is 16.2. The summed E-state index contributed by atoms with van der Waals surface area (Å²) in [5.41, 5.74) is 1.81. The molecular weight excluding hydrogens is 337 g/mol. The van der Waals surface area contributed by atoms with Crippen LogP contribution in [-0.2, 0) is 17.8 Å². The zero-order valence-corrected chi connectivity index (χ0v) is 13.4. The number of hydrogen-bond donors (Lipinski definition) is 2. The maximum atomic E-state index is 12.9. The first-order chi connectivity index (χ1) is 11.5. The van der Waals surface area contributed by atoms with Crippen molar-refractivity contribution in [1.29, 1.82) is 0 Å². The molecule has 1 aromatic carbocycles. The van der Waals surface area contributed by atoms with E-state index in [9.17, 15) is 9.18 Å². The molecule has 3 rings (SSSR count). The smallest absolute Gasteiger partial charge is 0.229 e. The molecule has 0 radical (unpaired) electrons. The molecule has 2 aromatic heterocycles.